The standard InChI is InChI=1S/C23H19BrF2N2O3/c1-30-21-11-17(13-27-28-23(29)10-15-2-6-18(25)7-3-15)20(24)12-22(21)31-14-16-4-8-19(26)9-5-16/h2-9,11-13H,10,14H2,1H3,(H,28,29)/b27-13+. The Hall–Kier alpha value is -3.26. The van der Waals surface area contributed by atoms with Gasteiger partial charge in [-0.2, -0.15) is 5.10 Å². The first-order chi connectivity index (χ1) is 14.9. The lowest BCUT2D eigenvalue weighted by Gasteiger charge is -2.13. The molecule has 0 aliphatic heterocycles. The van der Waals surface area contributed by atoms with Crippen LogP contribution in [0.15, 0.2) is 70.2 Å². The fraction of sp³-hybridized carbons (Fsp3) is 0.130. The maximum absolute atomic E-state index is 13.0. The van der Waals surface area contributed by atoms with Gasteiger partial charge in [0.1, 0.15) is 18.2 Å². The molecule has 0 fully saturated rings. The second-order valence-electron chi connectivity index (χ2n) is 6.54. The number of amides is 1. The Morgan fingerprint density at radius 1 is 1.00 bits per heavy atom. The van der Waals surface area contributed by atoms with E-state index in [-0.39, 0.29) is 30.6 Å². The lowest BCUT2D eigenvalue weighted by Crippen LogP contribution is -2.19. The highest BCUT2D eigenvalue weighted by atomic mass is 79.9. The molecule has 1 amide bonds. The van der Waals surface area contributed by atoms with Crippen LogP contribution in [-0.2, 0) is 17.8 Å². The Morgan fingerprint density at radius 2 is 1.61 bits per heavy atom. The highest BCUT2D eigenvalue weighted by Crippen LogP contribution is 2.33. The minimum absolute atomic E-state index is 0.0816. The zero-order valence-corrected chi connectivity index (χ0v) is 18.2. The van der Waals surface area contributed by atoms with E-state index in [0.717, 1.165) is 5.56 Å². The smallest absolute Gasteiger partial charge is 0.244 e. The first-order valence-corrected chi connectivity index (χ1v) is 10.0. The van der Waals surface area contributed by atoms with E-state index in [1.807, 2.05) is 0 Å². The fourth-order valence-corrected chi connectivity index (χ4v) is 3.09. The van der Waals surface area contributed by atoms with E-state index < -0.39 is 0 Å². The molecular weight excluding hydrogens is 470 g/mol. The van der Waals surface area contributed by atoms with E-state index >= 15 is 0 Å². The third kappa shape index (κ3) is 6.62. The summed E-state index contributed by atoms with van der Waals surface area (Å²) >= 11 is 3.45. The van der Waals surface area contributed by atoms with Crippen LogP contribution in [0, 0.1) is 11.6 Å². The lowest BCUT2D eigenvalue weighted by atomic mass is 10.1. The topological polar surface area (TPSA) is 59.9 Å². The minimum atomic E-state index is -0.355. The van der Waals surface area contributed by atoms with E-state index in [4.69, 9.17) is 9.47 Å². The molecule has 0 saturated heterocycles. The number of hydrogen-bond acceptors (Lipinski definition) is 4. The van der Waals surface area contributed by atoms with Crippen molar-refractivity contribution in [2.75, 3.05) is 7.11 Å². The summed E-state index contributed by atoms with van der Waals surface area (Å²) in [5.41, 5.74) is 4.59. The number of nitrogens with zero attached hydrogens (tertiary/aromatic N) is 1. The van der Waals surface area contributed by atoms with Gasteiger partial charge in [0, 0.05) is 10.0 Å². The fourth-order valence-electron chi connectivity index (χ4n) is 2.66. The van der Waals surface area contributed by atoms with Gasteiger partial charge in [0.05, 0.1) is 19.7 Å². The third-order valence-corrected chi connectivity index (χ3v) is 4.95. The lowest BCUT2D eigenvalue weighted by molar-refractivity contribution is -0.120. The number of carbonyl (C=O) groups is 1. The average molecular weight is 489 g/mol. The van der Waals surface area contributed by atoms with Gasteiger partial charge in [0.25, 0.3) is 0 Å². The number of carbonyl (C=O) groups excluding carboxylic acids is 1. The van der Waals surface area contributed by atoms with Gasteiger partial charge in [0.2, 0.25) is 5.91 Å². The summed E-state index contributed by atoms with van der Waals surface area (Å²) < 4.78 is 37.8. The molecule has 3 aromatic rings. The molecule has 3 rings (SSSR count). The third-order valence-electron chi connectivity index (χ3n) is 4.26. The van der Waals surface area contributed by atoms with Gasteiger partial charge in [-0.05, 0) is 63.5 Å². The number of ether oxygens (including phenoxy) is 2. The highest BCUT2D eigenvalue weighted by Gasteiger charge is 2.10. The van der Waals surface area contributed by atoms with Crippen LogP contribution in [0.2, 0.25) is 0 Å². The summed E-state index contributed by atoms with van der Waals surface area (Å²) in [5, 5.41) is 3.96. The summed E-state index contributed by atoms with van der Waals surface area (Å²) in [6, 6.07) is 15.2. The zero-order chi connectivity index (χ0) is 22.2. The number of hydrazone groups is 1. The van der Waals surface area contributed by atoms with Crippen LogP contribution in [0.5, 0.6) is 11.5 Å². The normalized spacial score (nSPS) is 10.8. The van der Waals surface area contributed by atoms with Crippen LogP contribution in [0.25, 0.3) is 0 Å². The quantitative estimate of drug-likeness (QED) is 0.358. The van der Waals surface area contributed by atoms with E-state index in [2.05, 4.69) is 26.5 Å². The summed E-state index contributed by atoms with van der Waals surface area (Å²) in [7, 11) is 1.51. The van der Waals surface area contributed by atoms with Crippen LogP contribution < -0.4 is 14.9 Å². The molecule has 3 aromatic carbocycles. The van der Waals surface area contributed by atoms with Crippen molar-refractivity contribution in [1.82, 2.24) is 5.43 Å². The van der Waals surface area contributed by atoms with Crippen molar-refractivity contribution >= 4 is 28.1 Å². The molecule has 0 heterocycles. The van der Waals surface area contributed by atoms with Gasteiger partial charge in [-0.25, -0.2) is 14.2 Å². The predicted octanol–water partition coefficient (Wildman–Crippen LogP) is 5.01. The van der Waals surface area contributed by atoms with E-state index in [0.29, 0.717) is 27.1 Å². The molecule has 0 spiro atoms. The molecule has 0 radical (unpaired) electrons. The van der Waals surface area contributed by atoms with Crippen molar-refractivity contribution in [1.29, 1.82) is 0 Å². The first-order valence-electron chi connectivity index (χ1n) is 9.25. The summed E-state index contributed by atoms with van der Waals surface area (Å²) in [4.78, 5) is 12.0. The second kappa shape index (κ2) is 10.7. The Morgan fingerprint density at radius 3 is 2.23 bits per heavy atom. The summed E-state index contributed by atoms with van der Waals surface area (Å²) in [6.45, 7) is 0.246. The SMILES string of the molecule is COc1cc(/C=N/NC(=O)Cc2ccc(F)cc2)c(Br)cc1OCc1ccc(F)cc1. The first kappa shape index (κ1) is 22.4. The van der Waals surface area contributed by atoms with Crippen molar-refractivity contribution < 1.29 is 23.0 Å². The maximum Gasteiger partial charge on any atom is 0.244 e. The minimum Gasteiger partial charge on any atom is -0.493 e. The average Bonchev–Trinajstić information content (AvgIpc) is 2.76. The molecule has 160 valence electrons. The van der Waals surface area contributed by atoms with Gasteiger partial charge >= 0.3 is 0 Å². The molecule has 31 heavy (non-hydrogen) atoms. The molecule has 1 N–H and O–H groups in total. The Kier molecular flexibility index (Phi) is 7.72. The van der Waals surface area contributed by atoms with Crippen molar-refractivity contribution in [3.8, 4) is 11.5 Å². The maximum atomic E-state index is 13.0. The summed E-state index contributed by atoms with van der Waals surface area (Å²) in [5.74, 6) is -0.0191. The van der Waals surface area contributed by atoms with E-state index in [1.165, 1.54) is 37.6 Å². The van der Waals surface area contributed by atoms with Crippen LogP contribution >= 0.6 is 15.9 Å². The molecule has 0 aromatic heterocycles. The van der Waals surface area contributed by atoms with Gasteiger partial charge in [-0.15, -0.1) is 0 Å². The summed E-state index contributed by atoms with van der Waals surface area (Å²) in [6.07, 6.45) is 1.55. The Labute approximate surface area is 186 Å². The van der Waals surface area contributed by atoms with Gasteiger partial charge in [0.15, 0.2) is 11.5 Å². The van der Waals surface area contributed by atoms with Crippen LogP contribution in [-0.4, -0.2) is 19.2 Å². The molecule has 0 unspecified atom stereocenters. The predicted molar refractivity (Wildman–Crippen MR) is 117 cm³/mol. The molecule has 0 bridgehead atoms. The Balaban J connectivity index is 1.62. The number of benzene rings is 3. The molecule has 8 heteroatoms. The van der Waals surface area contributed by atoms with Crippen LogP contribution in [0.3, 0.4) is 0 Å². The second-order valence-corrected chi connectivity index (χ2v) is 7.39. The van der Waals surface area contributed by atoms with E-state index in [9.17, 15) is 13.6 Å². The molecule has 0 aliphatic carbocycles. The van der Waals surface area contributed by atoms with Crippen molar-refractivity contribution in [3.05, 3.63) is 93.5 Å². The van der Waals surface area contributed by atoms with Gasteiger partial charge in [-0.1, -0.05) is 24.3 Å². The monoisotopic (exact) mass is 488 g/mol. The highest BCUT2D eigenvalue weighted by molar-refractivity contribution is 9.10. The number of hydrogen-bond donors (Lipinski definition) is 1. The molecule has 0 saturated carbocycles. The molecular formula is C23H19BrF2N2O3. The van der Waals surface area contributed by atoms with Crippen molar-refractivity contribution in [2.24, 2.45) is 5.10 Å². The number of halogens is 3. The largest absolute Gasteiger partial charge is 0.493 e. The van der Waals surface area contributed by atoms with Crippen molar-refractivity contribution in [2.45, 2.75) is 13.0 Å². The van der Waals surface area contributed by atoms with Crippen LogP contribution in [0.1, 0.15) is 16.7 Å². The van der Waals surface area contributed by atoms with E-state index in [1.54, 1.807) is 36.4 Å². The Bertz CT molecular complexity index is 1070. The van der Waals surface area contributed by atoms with Gasteiger partial charge < -0.3 is 9.47 Å². The molecule has 0 aliphatic rings. The van der Waals surface area contributed by atoms with Crippen LogP contribution in [0.4, 0.5) is 8.78 Å². The number of rotatable bonds is 8. The molecule has 5 nitrogen and oxygen atoms in total. The number of nitrogens with one attached hydrogen (secondary N) is 1. The zero-order valence-electron chi connectivity index (χ0n) is 16.6. The molecule has 0 atom stereocenters. The van der Waals surface area contributed by atoms with Crippen molar-refractivity contribution in [3.63, 3.8) is 0 Å². The van der Waals surface area contributed by atoms with Gasteiger partial charge in [-0.3, -0.25) is 4.79 Å². The number of methoxy groups -OCH3 is 1.